The van der Waals surface area contributed by atoms with Gasteiger partial charge in [0.05, 0.1) is 19.5 Å². The average molecular weight is 624 g/mol. The van der Waals surface area contributed by atoms with E-state index in [4.69, 9.17) is 9.47 Å². The Morgan fingerprint density at radius 3 is 2.31 bits per heavy atom. The Balaban J connectivity index is 1.55. The monoisotopic (exact) mass is 623 g/mol. The summed E-state index contributed by atoms with van der Waals surface area (Å²) in [7, 11) is 3.07. The Hall–Kier alpha value is -5.02. The SMILES string of the molecule is CCC(Sc1cccc(NC(=O)/C(=C\c2ccc(OC)cc2OC)NC(=O)c2ccccc2)c1)C(=O)Nc1ccc(C)cc1C. The van der Waals surface area contributed by atoms with Crippen LogP contribution in [0.15, 0.2) is 102 Å². The quantitative estimate of drug-likeness (QED) is 0.114. The molecule has 0 spiro atoms. The maximum absolute atomic E-state index is 13.6. The minimum absolute atomic E-state index is 0.0182. The number of methoxy groups -OCH3 is 2. The Morgan fingerprint density at radius 2 is 1.62 bits per heavy atom. The Kier molecular flexibility index (Phi) is 11.4. The van der Waals surface area contributed by atoms with Crippen molar-refractivity contribution in [1.82, 2.24) is 5.32 Å². The van der Waals surface area contributed by atoms with Crippen molar-refractivity contribution in [2.75, 3.05) is 24.9 Å². The first kappa shape index (κ1) is 32.9. The number of benzene rings is 4. The molecule has 1 atom stereocenters. The zero-order valence-corrected chi connectivity index (χ0v) is 26.8. The fourth-order valence-corrected chi connectivity index (χ4v) is 5.55. The Bertz CT molecular complexity index is 1700. The molecule has 0 bridgehead atoms. The number of hydrogen-bond acceptors (Lipinski definition) is 6. The predicted octanol–water partition coefficient (Wildman–Crippen LogP) is 7.24. The second kappa shape index (κ2) is 15.6. The third kappa shape index (κ3) is 9.00. The zero-order valence-electron chi connectivity index (χ0n) is 26.0. The van der Waals surface area contributed by atoms with Gasteiger partial charge in [0.25, 0.3) is 11.8 Å². The highest BCUT2D eigenvalue weighted by Gasteiger charge is 2.20. The van der Waals surface area contributed by atoms with Crippen LogP contribution in [-0.2, 0) is 9.59 Å². The van der Waals surface area contributed by atoms with Crippen LogP contribution in [0.1, 0.15) is 40.4 Å². The van der Waals surface area contributed by atoms with Crippen molar-refractivity contribution in [3.8, 4) is 11.5 Å². The van der Waals surface area contributed by atoms with E-state index in [9.17, 15) is 14.4 Å². The van der Waals surface area contributed by atoms with E-state index in [1.807, 2.05) is 57.2 Å². The first-order valence-electron chi connectivity index (χ1n) is 14.5. The molecule has 8 nitrogen and oxygen atoms in total. The molecule has 0 aliphatic carbocycles. The molecule has 3 N–H and O–H groups in total. The molecule has 0 saturated heterocycles. The van der Waals surface area contributed by atoms with Crippen LogP contribution in [0.4, 0.5) is 11.4 Å². The highest BCUT2D eigenvalue weighted by atomic mass is 32.2. The first-order valence-corrected chi connectivity index (χ1v) is 15.3. The topological polar surface area (TPSA) is 106 Å². The fraction of sp³-hybridized carbons (Fsp3) is 0.194. The molecule has 3 amide bonds. The summed E-state index contributed by atoms with van der Waals surface area (Å²) in [6.07, 6.45) is 2.16. The second-order valence-electron chi connectivity index (χ2n) is 10.3. The van der Waals surface area contributed by atoms with Gasteiger partial charge >= 0.3 is 0 Å². The van der Waals surface area contributed by atoms with Crippen LogP contribution in [0, 0.1) is 13.8 Å². The molecule has 4 aromatic carbocycles. The molecule has 4 rings (SSSR count). The maximum Gasteiger partial charge on any atom is 0.272 e. The van der Waals surface area contributed by atoms with Crippen LogP contribution in [-0.4, -0.2) is 37.2 Å². The van der Waals surface area contributed by atoms with E-state index in [0.717, 1.165) is 21.7 Å². The summed E-state index contributed by atoms with van der Waals surface area (Å²) in [6, 6.07) is 27.0. The van der Waals surface area contributed by atoms with Crippen LogP contribution in [0.2, 0.25) is 0 Å². The van der Waals surface area contributed by atoms with Gasteiger partial charge in [-0.1, -0.05) is 48.9 Å². The molecular formula is C36H37N3O5S. The van der Waals surface area contributed by atoms with Crippen molar-refractivity contribution in [1.29, 1.82) is 0 Å². The molecule has 0 heterocycles. The Labute approximate surface area is 268 Å². The highest BCUT2D eigenvalue weighted by Crippen LogP contribution is 2.30. The lowest BCUT2D eigenvalue weighted by molar-refractivity contribution is -0.116. The number of carbonyl (C=O) groups is 3. The number of thioether (sulfide) groups is 1. The first-order chi connectivity index (χ1) is 21.7. The number of aryl methyl sites for hydroxylation is 2. The molecule has 0 aliphatic heterocycles. The normalized spacial score (nSPS) is 11.7. The van der Waals surface area contributed by atoms with Gasteiger partial charge in [-0.05, 0) is 80.4 Å². The third-order valence-corrected chi connectivity index (χ3v) is 8.30. The van der Waals surface area contributed by atoms with Crippen LogP contribution >= 0.6 is 11.8 Å². The van der Waals surface area contributed by atoms with Crippen molar-refractivity contribution in [3.05, 3.63) is 119 Å². The van der Waals surface area contributed by atoms with Gasteiger partial charge in [-0.15, -0.1) is 11.8 Å². The summed E-state index contributed by atoms with van der Waals surface area (Å²) >= 11 is 1.42. The summed E-state index contributed by atoms with van der Waals surface area (Å²) in [5.41, 5.74) is 4.43. The molecule has 4 aromatic rings. The summed E-state index contributed by atoms with van der Waals surface area (Å²) in [6.45, 7) is 5.95. The van der Waals surface area contributed by atoms with Gasteiger partial charge in [-0.3, -0.25) is 14.4 Å². The molecule has 0 saturated carbocycles. The van der Waals surface area contributed by atoms with Gasteiger partial charge in [0.15, 0.2) is 0 Å². The lowest BCUT2D eigenvalue weighted by atomic mass is 10.1. The summed E-state index contributed by atoms with van der Waals surface area (Å²) < 4.78 is 10.8. The number of anilines is 2. The number of carbonyl (C=O) groups excluding carboxylic acids is 3. The van der Waals surface area contributed by atoms with Crippen LogP contribution in [0.5, 0.6) is 11.5 Å². The maximum atomic E-state index is 13.6. The van der Waals surface area contributed by atoms with Gasteiger partial charge < -0.3 is 25.4 Å². The summed E-state index contributed by atoms with van der Waals surface area (Å²) in [5.74, 6) is 0.00179. The summed E-state index contributed by atoms with van der Waals surface area (Å²) in [5, 5.41) is 8.34. The molecule has 1 unspecified atom stereocenters. The van der Waals surface area contributed by atoms with E-state index in [1.54, 1.807) is 67.8 Å². The molecule has 0 fully saturated rings. The van der Waals surface area contributed by atoms with E-state index >= 15 is 0 Å². The number of ether oxygens (including phenoxy) is 2. The fourth-order valence-electron chi connectivity index (χ4n) is 4.53. The van der Waals surface area contributed by atoms with Crippen molar-refractivity contribution in [2.45, 2.75) is 37.3 Å². The van der Waals surface area contributed by atoms with Gasteiger partial charge in [-0.2, -0.15) is 0 Å². The molecule has 232 valence electrons. The minimum atomic E-state index is -0.529. The number of rotatable bonds is 12. The Morgan fingerprint density at radius 1 is 0.844 bits per heavy atom. The smallest absolute Gasteiger partial charge is 0.272 e. The number of hydrogen-bond donors (Lipinski definition) is 3. The van der Waals surface area contributed by atoms with Crippen molar-refractivity contribution >= 4 is 46.9 Å². The lowest BCUT2D eigenvalue weighted by Gasteiger charge is -2.17. The van der Waals surface area contributed by atoms with Crippen molar-refractivity contribution < 1.29 is 23.9 Å². The van der Waals surface area contributed by atoms with E-state index in [-0.39, 0.29) is 16.9 Å². The van der Waals surface area contributed by atoms with Crippen LogP contribution < -0.4 is 25.4 Å². The number of amides is 3. The van der Waals surface area contributed by atoms with E-state index < -0.39 is 11.8 Å². The van der Waals surface area contributed by atoms with Gasteiger partial charge in [-0.25, -0.2) is 0 Å². The third-order valence-electron chi connectivity index (χ3n) is 6.94. The molecule has 0 aliphatic rings. The van der Waals surface area contributed by atoms with E-state index in [0.29, 0.717) is 34.7 Å². The van der Waals surface area contributed by atoms with E-state index in [1.165, 1.54) is 18.9 Å². The van der Waals surface area contributed by atoms with E-state index in [2.05, 4.69) is 16.0 Å². The minimum Gasteiger partial charge on any atom is -0.497 e. The molecule has 9 heteroatoms. The number of nitrogens with one attached hydrogen (secondary N) is 3. The molecule has 45 heavy (non-hydrogen) atoms. The molecular weight excluding hydrogens is 586 g/mol. The molecule has 0 radical (unpaired) electrons. The largest absolute Gasteiger partial charge is 0.497 e. The van der Waals surface area contributed by atoms with Gasteiger partial charge in [0, 0.05) is 33.5 Å². The zero-order chi connectivity index (χ0) is 32.3. The van der Waals surface area contributed by atoms with Crippen molar-refractivity contribution in [3.63, 3.8) is 0 Å². The molecule has 0 aromatic heterocycles. The average Bonchev–Trinajstić information content (AvgIpc) is 3.05. The highest BCUT2D eigenvalue weighted by molar-refractivity contribution is 8.00. The lowest BCUT2D eigenvalue weighted by Crippen LogP contribution is -2.30. The van der Waals surface area contributed by atoms with Crippen molar-refractivity contribution in [2.24, 2.45) is 0 Å². The standard InChI is InChI=1S/C36H37N3O5S/c1-6-33(36(42)38-30-18-15-23(2)19-24(30)3)45-29-14-10-13-27(21-29)37-35(41)31(39-34(40)25-11-8-7-9-12-25)20-26-16-17-28(43-4)22-32(26)44-5/h7-22,33H,6H2,1-5H3,(H,37,41)(H,38,42)(H,39,40)/b31-20+. The second-order valence-corrected chi connectivity index (χ2v) is 11.6. The summed E-state index contributed by atoms with van der Waals surface area (Å²) in [4.78, 5) is 40.7. The van der Waals surface area contributed by atoms with Gasteiger partial charge in [0.1, 0.15) is 17.2 Å². The van der Waals surface area contributed by atoms with Crippen LogP contribution in [0.3, 0.4) is 0 Å². The predicted molar refractivity (Wildman–Crippen MR) is 181 cm³/mol. The van der Waals surface area contributed by atoms with Gasteiger partial charge in [0.2, 0.25) is 5.91 Å². The van der Waals surface area contributed by atoms with Crippen LogP contribution in [0.25, 0.3) is 6.08 Å².